The summed E-state index contributed by atoms with van der Waals surface area (Å²) >= 11 is 6.31. The molecule has 160 valence electrons. The van der Waals surface area contributed by atoms with Crippen LogP contribution in [0.25, 0.3) is 0 Å². The summed E-state index contributed by atoms with van der Waals surface area (Å²) in [6.07, 6.45) is 0.201. The van der Waals surface area contributed by atoms with Crippen molar-refractivity contribution in [3.8, 4) is 0 Å². The highest BCUT2D eigenvalue weighted by molar-refractivity contribution is 6.31. The number of nitrogens with zero attached hydrogens (tertiary/aromatic N) is 1. The maximum atomic E-state index is 14.6. The lowest BCUT2D eigenvalue weighted by atomic mass is 10.0. The third kappa shape index (κ3) is 5.88. The molecule has 2 aromatic rings. The number of benzene rings is 2. The lowest BCUT2D eigenvalue weighted by Gasteiger charge is -2.38. The smallest absolute Gasteiger partial charge is 0.220 e. The Morgan fingerprint density at radius 3 is 2.67 bits per heavy atom. The summed E-state index contributed by atoms with van der Waals surface area (Å²) in [7, 11) is 0. The highest BCUT2D eigenvalue weighted by Gasteiger charge is 2.29. The lowest BCUT2D eigenvalue weighted by Crippen LogP contribution is -2.47. The number of hydrogen-bond acceptors (Lipinski definition) is 4. The van der Waals surface area contributed by atoms with E-state index in [1.54, 1.807) is 36.4 Å². The second-order valence-corrected chi connectivity index (χ2v) is 7.83. The third-order valence-electron chi connectivity index (χ3n) is 5.21. The van der Waals surface area contributed by atoms with Gasteiger partial charge in [-0.15, -0.1) is 0 Å². The maximum absolute atomic E-state index is 14.6. The van der Waals surface area contributed by atoms with Crippen LogP contribution in [0.15, 0.2) is 48.5 Å². The Bertz CT molecular complexity index is 858. The average molecular weight is 433 g/mol. The minimum Gasteiger partial charge on any atom is -0.376 e. The Kier molecular flexibility index (Phi) is 7.96. The number of ketones is 1. The molecule has 0 saturated carbocycles. The molecule has 0 aromatic heterocycles. The van der Waals surface area contributed by atoms with E-state index < -0.39 is 11.9 Å². The lowest BCUT2D eigenvalue weighted by molar-refractivity contribution is -0.121. The van der Waals surface area contributed by atoms with E-state index in [0.29, 0.717) is 35.8 Å². The number of carbonyl (C=O) groups is 2. The van der Waals surface area contributed by atoms with Crippen molar-refractivity contribution in [3.63, 3.8) is 0 Å². The van der Waals surface area contributed by atoms with Gasteiger partial charge in [-0.25, -0.2) is 4.39 Å². The highest BCUT2D eigenvalue weighted by atomic mass is 35.5. The van der Waals surface area contributed by atoms with Crippen molar-refractivity contribution in [2.24, 2.45) is 0 Å². The van der Waals surface area contributed by atoms with Crippen LogP contribution in [0.5, 0.6) is 0 Å². The molecule has 0 aliphatic carbocycles. The van der Waals surface area contributed by atoms with Gasteiger partial charge in [0.1, 0.15) is 5.82 Å². The molecule has 5 nitrogen and oxygen atoms in total. The maximum Gasteiger partial charge on any atom is 0.220 e. The van der Waals surface area contributed by atoms with Gasteiger partial charge >= 0.3 is 0 Å². The molecule has 2 atom stereocenters. The number of nitrogens with one attached hydrogen (secondary N) is 1. The number of carbonyl (C=O) groups excluding carboxylic acids is 2. The molecule has 0 radical (unpaired) electrons. The number of morpholine rings is 1. The third-order valence-corrected chi connectivity index (χ3v) is 5.54. The van der Waals surface area contributed by atoms with Crippen LogP contribution < -0.4 is 5.32 Å². The van der Waals surface area contributed by atoms with Gasteiger partial charge in [0.25, 0.3) is 0 Å². The quantitative estimate of drug-likeness (QED) is 0.640. The molecule has 1 amide bonds. The van der Waals surface area contributed by atoms with E-state index in [4.69, 9.17) is 16.3 Å². The molecule has 2 unspecified atom stereocenters. The fraction of sp³-hybridized carbons (Fsp3) is 0.391. The first-order valence-corrected chi connectivity index (χ1v) is 10.5. The standard InChI is InChI=1S/C23H26ClFN2O3/c1-16-15-27(12-13-30-16)20(23-18(24)8-5-9-19(23)25)14-26-22(29)11-10-21(28)17-6-3-2-4-7-17/h2-9,16,20H,10-15H2,1H3,(H,26,29). The monoisotopic (exact) mass is 432 g/mol. The van der Waals surface area contributed by atoms with E-state index in [-0.39, 0.29) is 37.2 Å². The number of amides is 1. The van der Waals surface area contributed by atoms with Crippen LogP contribution in [-0.2, 0) is 9.53 Å². The zero-order chi connectivity index (χ0) is 21.5. The molecule has 1 fully saturated rings. The van der Waals surface area contributed by atoms with Crippen LogP contribution in [0, 0.1) is 5.82 Å². The molecule has 0 bridgehead atoms. The van der Waals surface area contributed by atoms with Gasteiger partial charge in [-0.05, 0) is 19.1 Å². The van der Waals surface area contributed by atoms with Crippen molar-refractivity contribution in [2.75, 3.05) is 26.2 Å². The van der Waals surface area contributed by atoms with Crippen molar-refractivity contribution in [3.05, 3.63) is 70.5 Å². The molecule has 3 rings (SSSR count). The predicted octanol–water partition coefficient (Wildman–Crippen LogP) is 4.02. The average Bonchev–Trinajstić information content (AvgIpc) is 2.74. The first-order valence-electron chi connectivity index (χ1n) is 10.1. The molecule has 1 aliphatic rings. The SMILES string of the molecule is CC1CN(C(CNC(=O)CCC(=O)c2ccccc2)c2c(F)cccc2Cl)CCO1. The van der Waals surface area contributed by atoms with Crippen LogP contribution in [0.4, 0.5) is 4.39 Å². The Morgan fingerprint density at radius 2 is 1.97 bits per heavy atom. The number of halogens is 2. The van der Waals surface area contributed by atoms with Gasteiger partial charge in [0.15, 0.2) is 5.78 Å². The molecular weight excluding hydrogens is 407 g/mol. The molecule has 1 aliphatic heterocycles. The summed E-state index contributed by atoms with van der Waals surface area (Å²) in [6, 6.07) is 13.1. The summed E-state index contributed by atoms with van der Waals surface area (Å²) in [5.41, 5.74) is 0.956. The van der Waals surface area contributed by atoms with E-state index in [2.05, 4.69) is 10.2 Å². The summed E-state index contributed by atoms with van der Waals surface area (Å²) in [4.78, 5) is 26.7. The van der Waals surface area contributed by atoms with Crippen molar-refractivity contribution in [1.29, 1.82) is 0 Å². The normalized spacial score (nSPS) is 18.0. The molecule has 1 N–H and O–H groups in total. The zero-order valence-electron chi connectivity index (χ0n) is 16.9. The number of Topliss-reactive ketones (excluding diaryl/α,β-unsaturated/α-hetero) is 1. The van der Waals surface area contributed by atoms with Crippen molar-refractivity contribution in [1.82, 2.24) is 10.2 Å². The topological polar surface area (TPSA) is 58.6 Å². The second-order valence-electron chi connectivity index (χ2n) is 7.42. The Morgan fingerprint density at radius 1 is 1.20 bits per heavy atom. The van der Waals surface area contributed by atoms with Gasteiger partial charge in [0, 0.05) is 48.6 Å². The predicted molar refractivity (Wildman–Crippen MR) is 114 cm³/mol. The van der Waals surface area contributed by atoms with E-state index in [1.165, 1.54) is 6.07 Å². The molecule has 1 saturated heterocycles. The second kappa shape index (κ2) is 10.7. The van der Waals surface area contributed by atoms with Crippen LogP contribution in [0.1, 0.15) is 41.7 Å². The largest absolute Gasteiger partial charge is 0.376 e. The van der Waals surface area contributed by atoms with Crippen molar-refractivity contribution in [2.45, 2.75) is 31.9 Å². The van der Waals surface area contributed by atoms with E-state index in [1.807, 2.05) is 13.0 Å². The van der Waals surface area contributed by atoms with Crippen molar-refractivity contribution < 1.29 is 18.7 Å². The molecule has 1 heterocycles. The van der Waals surface area contributed by atoms with E-state index in [9.17, 15) is 14.0 Å². The fourth-order valence-corrected chi connectivity index (χ4v) is 3.95. The highest BCUT2D eigenvalue weighted by Crippen LogP contribution is 2.31. The fourth-order valence-electron chi connectivity index (χ4n) is 3.67. The van der Waals surface area contributed by atoms with Gasteiger partial charge < -0.3 is 10.1 Å². The van der Waals surface area contributed by atoms with Crippen LogP contribution in [0.2, 0.25) is 5.02 Å². The zero-order valence-corrected chi connectivity index (χ0v) is 17.7. The van der Waals surface area contributed by atoms with Gasteiger partial charge in [-0.1, -0.05) is 48.0 Å². The summed E-state index contributed by atoms with van der Waals surface area (Å²) in [5.74, 6) is -0.736. The van der Waals surface area contributed by atoms with Gasteiger partial charge in [0.2, 0.25) is 5.91 Å². The first-order chi connectivity index (χ1) is 14.5. The Hall–Kier alpha value is -2.28. The summed E-state index contributed by atoms with van der Waals surface area (Å²) < 4.78 is 20.2. The van der Waals surface area contributed by atoms with Crippen LogP contribution in [-0.4, -0.2) is 48.9 Å². The minimum absolute atomic E-state index is 0.00555. The van der Waals surface area contributed by atoms with Crippen LogP contribution in [0.3, 0.4) is 0 Å². The van der Waals surface area contributed by atoms with Gasteiger partial charge in [0.05, 0.1) is 18.8 Å². The number of rotatable bonds is 8. The molecule has 30 heavy (non-hydrogen) atoms. The van der Waals surface area contributed by atoms with Gasteiger partial charge in [-0.2, -0.15) is 0 Å². The number of hydrogen-bond donors (Lipinski definition) is 1. The van der Waals surface area contributed by atoms with E-state index in [0.717, 1.165) is 0 Å². The first kappa shape index (κ1) is 22.4. The summed E-state index contributed by atoms with van der Waals surface area (Å²) in [6.45, 7) is 3.91. The summed E-state index contributed by atoms with van der Waals surface area (Å²) in [5, 5.41) is 3.18. The van der Waals surface area contributed by atoms with Gasteiger partial charge in [-0.3, -0.25) is 14.5 Å². The van der Waals surface area contributed by atoms with E-state index >= 15 is 0 Å². The molecular formula is C23H26ClFN2O3. The van der Waals surface area contributed by atoms with Crippen LogP contribution >= 0.6 is 11.6 Å². The Balaban J connectivity index is 1.64. The number of ether oxygens (including phenoxy) is 1. The van der Waals surface area contributed by atoms with Crippen molar-refractivity contribution >= 4 is 23.3 Å². The molecule has 2 aromatic carbocycles. The molecule has 0 spiro atoms. The molecule has 7 heteroatoms. The minimum atomic E-state index is -0.418. The Labute approximate surface area is 181 Å².